The number of ether oxygens (including phenoxy) is 4. The Morgan fingerprint density at radius 3 is 0.973 bits per heavy atom. The predicted molar refractivity (Wildman–Crippen MR) is 311 cm³/mol. The van der Waals surface area contributed by atoms with Crippen molar-refractivity contribution in [2.75, 3.05) is 7.11 Å². The monoisotopic (exact) mass is 1030 g/mol. The molecule has 0 aliphatic heterocycles. The highest BCUT2D eigenvalue weighted by Gasteiger charge is 2.25. The van der Waals surface area contributed by atoms with E-state index in [2.05, 4.69) is 52.0 Å². The average Bonchev–Trinajstić information content (AvgIpc) is 3.45. The smallest absolute Gasteiger partial charge is 0.206 e. The molecule has 0 fully saturated rings. The number of ketones is 1. The highest BCUT2D eigenvalue weighted by atomic mass is 32.2. The molecule has 0 radical (unpaired) electrons. The molecule has 8 rings (SSSR count). The van der Waals surface area contributed by atoms with Gasteiger partial charge in [-0.05, 0) is 181 Å². The first-order valence-corrected chi connectivity index (χ1v) is 27.7. The van der Waals surface area contributed by atoms with E-state index >= 15 is 0 Å². The number of carbonyl (C=O) groups is 1. The number of sulfone groups is 1. The van der Waals surface area contributed by atoms with Crippen LogP contribution in [-0.2, 0) is 20.7 Å². The van der Waals surface area contributed by atoms with Crippen LogP contribution >= 0.6 is 0 Å². The molecule has 0 atom stereocenters. The van der Waals surface area contributed by atoms with Crippen LogP contribution in [0.4, 0.5) is 0 Å². The Hall–Kier alpha value is -7.42. The second-order valence-corrected chi connectivity index (χ2v) is 19.9. The molecular formula is C67H78O7S. The predicted octanol–water partition coefficient (Wildman–Crippen LogP) is 18.8. The molecule has 0 amide bonds. The maximum atomic E-state index is 13.6. The van der Waals surface area contributed by atoms with Gasteiger partial charge in [-0.15, -0.1) is 0 Å². The van der Waals surface area contributed by atoms with E-state index in [4.69, 9.17) is 18.9 Å². The highest BCUT2D eigenvalue weighted by Crippen LogP contribution is 2.37. The lowest BCUT2D eigenvalue weighted by atomic mass is 9.78. The summed E-state index contributed by atoms with van der Waals surface area (Å²) in [5.74, 6) is 4.52. The summed E-state index contributed by atoms with van der Waals surface area (Å²) in [6, 6.07) is 56.2. The summed E-state index contributed by atoms with van der Waals surface area (Å²) in [7, 11) is -2.14. The molecular weight excluding hydrogens is 949 g/mol. The van der Waals surface area contributed by atoms with Crippen molar-refractivity contribution in [3.8, 4) is 40.2 Å². The van der Waals surface area contributed by atoms with Crippen LogP contribution in [0.1, 0.15) is 138 Å². The van der Waals surface area contributed by atoms with Crippen molar-refractivity contribution in [1.29, 1.82) is 0 Å². The lowest BCUT2D eigenvalue weighted by molar-refractivity contribution is 0.103. The summed E-state index contributed by atoms with van der Waals surface area (Å²) < 4.78 is 51.0. The van der Waals surface area contributed by atoms with Crippen LogP contribution in [0.2, 0.25) is 0 Å². The third-order valence-electron chi connectivity index (χ3n) is 12.7. The topological polar surface area (TPSA) is 88.1 Å². The lowest BCUT2D eigenvalue weighted by Gasteiger charge is -2.26. The molecule has 7 nitrogen and oxygen atoms in total. The molecule has 8 aromatic carbocycles. The van der Waals surface area contributed by atoms with Gasteiger partial charge in [0.25, 0.3) is 0 Å². The summed E-state index contributed by atoms with van der Waals surface area (Å²) in [5, 5.41) is 0. The molecule has 0 unspecified atom stereocenters. The third-order valence-corrected chi connectivity index (χ3v) is 14.5. The van der Waals surface area contributed by atoms with Crippen LogP contribution in [0.3, 0.4) is 0 Å². The first kappa shape index (κ1) is 60.1. The van der Waals surface area contributed by atoms with Gasteiger partial charge in [0, 0.05) is 22.0 Å². The second kappa shape index (κ2) is 27.8. The van der Waals surface area contributed by atoms with E-state index in [0.717, 1.165) is 39.1 Å². The van der Waals surface area contributed by atoms with E-state index in [-0.39, 0.29) is 26.4 Å². The fraction of sp³-hybridized carbons (Fsp3) is 0.269. The van der Waals surface area contributed by atoms with E-state index in [1.165, 1.54) is 5.56 Å². The molecule has 0 aliphatic rings. The summed E-state index contributed by atoms with van der Waals surface area (Å²) in [5.41, 5.74) is 8.36. The highest BCUT2D eigenvalue weighted by molar-refractivity contribution is 7.91. The number of benzene rings is 8. The van der Waals surface area contributed by atoms with Gasteiger partial charge in [-0.2, -0.15) is 0 Å². The van der Waals surface area contributed by atoms with E-state index < -0.39 is 9.84 Å². The van der Waals surface area contributed by atoms with Crippen LogP contribution in [0.25, 0.3) is 0 Å². The van der Waals surface area contributed by atoms with Crippen molar-refractivity contribution in [3.05, 3.63) is 232 Å². The molecule has 0 N–H and O–H groups in total. The Kier molecular flexibility index (Phi) is 22.3. The molecule has 0 spiro atoms. The minimum atomic E-state index is -3.79. The lowest BCUT2D eigenvalue weighted by Crippen LogP contribution is -2.18. The molecule has 394 valence electrons. The molecule has 0 heterocycles. The van der Waals surface area contributed by atoms with Crippen LogP contribution in [-0.4, -0.2) is 21.3 Å². The standard InChI is InChI=1S/C59H54O7S.4C2H6/c1-39-9-10-42(37-40(39)2)57(60)43-11-36-56(41(3)38-43)66-53-26-18-47(19-27-53)59(6,7)46-16-24-50(25-17-46)65-52-30-34-55(35-31-52)67(61,62)54-32-28-51(29-33-54)64-49-22-14-45(15-23-49)58(4,5)44-12-20-48(63-8)21-13-44;4*1-2/h9-38H,1-8H3;4*1-2H3. The maximum absolute atomic E-state index is 13.6. The molecule has 75 heavy (non-hydrogen) atoms. The van der Waals surface area contributed by atoms with Gasteiger partial charge in [0.1, 0.15) is 40.2 Å². The van der Waals surface area contributed by atoms with Crippen molar-refractivity contribution >= 4 is 15.6 Å². The first-order valence-electron chi connectivity index (χ1n) is 26.2. The van der Waals surface area contributed by atoms with Crippen LogP contribution in [0.15, 0.2) is 192 Å². The number of methoxy groups -OCH3 is 1. The molecule has 0 aromatic heterocycles. The Bertz CT molecular complexity index is 3140. The van der Waals surface area contributed by atoms with Crippen molar-refractivity contribution in [2.24, 2.45) is 0 Å². The van der Waals surface area contributed by atoms with E-state index in [1.807, 2.05) is 185 Å². The van der Waals surface area contributed by atoms with Crippen molar-refractivity contribution in [3.63, 3.8) is 0 Å². The largest absolute Gasteiger partial charge is 0.497 e. The van der Waals surface area contributed by atoms with Crippen LogP contribution in [0.5, 0.6) is 40.2 Å². The number of aryl methyl sites for hydroxylation is 3. The Labute approximate surface area is 449 Å². The molecule has 0 aliphatic carbocycles. The van der Waals surface area contributed by atoms with Crippen molar-refractivity contribution in [2.45, 2.75) is 124 Å². The van der Waals surface area contributed by atoms with E-state index in [1.54, 1.807) is 55.6 Å². The number of carbonyl (C=O) groups excluding carboxylic acids is 1. The Morgan fingerprint density at radius 2 is 0.653 bits per heavy atom. The fourth-order valence-corrected chi connectivity index (χ4v) is 9.28. The van der Waals surface area contributed by atoms with E-state index in [0.29, 0.717) is 45.6 Å². The van der Waals surface area contributed by atoms with E-state index in [9.17, 15) is 13.2 Å². The number of rotatable bonds is 15. The van der Waals surface area contributed by atoms with Crippen molar-refractivity contribution < 1.29 is 32.2 Å². The van der Waals surface area contributed by atoms with Gasteiger partial charge < -0.3 is 18.9 Å². The zero-order valence-electron chi connectivity index (χ0n) is 47.1. The summed E-state index contributed by atoms with van der Waals surface area (Å²) in [6.45, 7) is 30.7. The van der Waals surface area contributed by atoms with Gasteiger partial charge in [0.2, 0.25) is 9.84 Å². The normalized spacial score (nSPS) is 10.8. The maximum Gasteiger partial charge on any atom is 0.206 e. The fourth-order valence-electron chi connectivity index (χ4n) is 8.02. The minimum Gasteiger partial charge on any atom is -0.497 e. The summed E-state index contributed by atoms with van der Waals surface area (Å²) in [6.07, 6.45) is 0. The average molecular weight is 1030 g/mol. The zero-order chi connectivity index (χ0) is 55.5. The van der Waals surface area contributed by atoms with Gasteiger partial charge in [-0.25, -0.2) is 8.42 Å². The van der Waals surface area contributed by atoms with Crippen LogP contribution in [0, 0.1) is 20.8 Å². The second-order valence-electron chi connectivity index (χ2n) is 17.9. The SMILES string of the molecule is CC.CC.CC.CC.COc1ccc(C(C)(C)c2ccc(Oc3ccc(S(=O)(=O)c4ccc(Oc5ccc(C(C)(C)c6ccc(Oc7ccc(C(=O)c8ccc(C)c(C)c8)cc7C)cc6)cc5)cc4)cc3)cc2)cc1. The van der Waals surface area contributed by atoms with Gasteiger partial charge in [-0.3, -0.25) is 4.79 Å². The summed E-state index contributed by atoms with van der Waals surface area (Å²) >= 11 is 0. The number of hydrogen-bond donors (Lipinski definition) is 0. The van der Waals surface area contributed by atoms with Gasteiger partial charge in [0.05, 0.1) is 16.9 Å². The van der Waals surface area contributed by atoms with Gasteiger partial charge >= 0.3 is 0 Å². The third kappa shape index (κ3) is 14.9. The Morgan fingerprint density at radius 1 is 0.360 bits per heavy atom. The quantitative estimate of drug-likeness (QED) is 0.0945. The van der Waals surface area contributed by atoms with Crippen LogP contribution < -0.4 is 18.9 Å². The molecule has 0 bridgehead atoms. The molecule has 8 aromatic rings. The van der Waals surface area contributed by atoms with Gasteiger partial charge in [0.15, 0.2) is 5.78 Å². The molecule has 0 saturated heterocycles. The summed E-state index contributed by atoms with van der Waals surface area (Å²) in [4.78, 5) is 13.5. The zero-order valence-corrected chi connectivity index (χ0v) is 47.9. The molecule has 8 heteroatoms. The van der Waals surface area contributed by atoms with Crippen molar-refractivity contribution in [1.82, 2.24) is 0 Å². The first-order chi connectivity index (χ1) is 36.0. The number of hydrogen-bond acceptors (Lipinski definition) is 7. The minimum absolute atomic E-state index is 0.0118. The Balaban J connectivity index is 0.00000145. The molecule has 0 saturated carbocycles. The van der Waals surface area contributed by atoms with Gasteiger partial charge in [-0.1, -0.05) is 144 Å².